The molecule has 0 aromatic heterocycles. The van der Waals surface area contributed by atoms with Crippen LogP contribution in [0.3, 0.4) is 0 Å². The molecular weight excluding hydrogens is 467 g/mol. The number of hydrazone groups is 1. The van der Waals surface area contributed by atoms with E-state index in [1.807, 2.05) is 0 Å². The first-order chi connectivity index (χ1) is 14.6. The molecule has 0 unspecified atom stereocenters. The largest absolute Gasteiger partial charge is 0.373 e. The normalized spacial score (nSPS) is 20.1. The summed E-state index contributed by atoms with van der Waals surface area (Å²) in [4.78, 5) is 10.3. The number of nitrogens with one attached hydrogen (secondary N) is 1. The van der Waals surface area contributed by atoms with Crippen molar-refractivity contribution in [2.24, 2.45) is 5.10 Å². The van der Waals surface area contributed by atoms with E-state index in [0.717, 1.165) is 6.07 Å². The molecule has 0 saturated carbocycles. The van der Waals surface area contributed by atoms with E-state index in [1.54, 1.807) is 32.0 Å². The minimum absolute atomic E-state index is 0.0960. The van der Waals surface area contributed by atoms with Crippen LogP contribution in [-0.2, 0) is 14.8 Å². The Morgan fingerprint density at radius 1 is 1.19 bits per heavy atom. The average Bonchev–Trinajstić information content (AvgIpc) is 2.68. The second-order valence-electron chi connectivity index (χ2n) is 7.05. The lowest BCUT2D eigenvalue weighted by Crippen LogP contribution is -2.48. The minimum atomic E-state index is -4.05. The molecule has 9 nitrogen and oxygen atoms in total. The van der Waals surface area contributed by atoms with Crippen molar-refractivity contribution < 1.29 is 18.1 Å². The summed E-state index contributed by atoms with van der Waals surface area (Å²) in [5.41, 5.74) is 2.96. The van der Waals surface area contributed by atoms with Crippen molar-refractivity contribution in [1.82, 2.24) is 4.31 Å². The highest BCUT2D eigenvalue weighted by atomic mass is 35.5. The van der Waals surface area contributed by atoms with Gasteiger partial charge in [-0.25, -0.2) is 8.42 Å². The molecule has 2 aromatic rings. The second-order valence-corrected chi connectivity index (χ2v) is 9.80. The number of rotatable bonds is 6. The third kappa shape index (κ3) is 5.52. The number of nitro groups is 1. The predicted octanol–water partition coefficient (Wildman–Crippen LogP) is 4.15. The first-order valence-corrected chi connectivity index (χ1v) is 11.5. The molecule has 2 atom stereocenters. The van der Waals surface area contributed by atoms with Gasteiger partial charge in [-0.2, -0.15) is 9.41 Å². The van der Waals surface area contributed by atoms with Crippen LogP contribution in [0.5, 0.6) is 0 Å². The molecule has 0 aliphatic carbocycles. The summed E-state index contributed by atoms with van der Waals surface area (Å²) in [5.74, 6) is 0. The number of ether oxygens (including phenoxy) is 1. The summed E-state index contributed by atoms with van der Waals surface area (Å²) in [6.45, 7) is 3.81. The number of morpholine rings is 1. The van der Waals surface area contributed by atoms with Gasteiger partial charge < -0.3 is 4.74 Å². The summed E-state index contributed by atoms with van der Waals surface area (Å²) in [5, 5.41) is 16.1. The standard InChI is InChI=1S/C19H20Cl2N4O5S/c1-12-10-24(11-13(2)30-12)31(28,29)19-8-16(25(26)27)5-6-18(19)23-22-9-14-3-4-15(20)7-17(14)21/h3-9,12-13,23H,10-11H2,1-2H3/b22-9-/t12-,13-/m0/s1. The SMILES string of the molecule is C[C@H]1CN(S(=O)(=O)c2cc([N+](=O)[O-])ccc2N/N=C\c2ccc(Cl)cc2Cl)C[C@H](C)O1. The van der Waals surface area contributed by atoms with E-state index in [4.69, 9.17) is 27.9 Å². The number of benzene rings is 2. The molecule has 2 aromatic carbocycles. The summed E-state index contributed by atoms with van der Waals surface area (Å²) >= 11 is 12.0. The van der Waals surface area contributed by atoms with Crippen LogP contribution in [0.25, 0.3) is 0 Å². The zero-order valence-corrected chi connectivity index (χ0v) is 19.0. The van der Waals surface area contributed by atoms with Crippen molar-refractivity contribution in [3.8, 4) is 0 Å². The summed E-state index contributed by atoms with van der Waals surface area (Å²) in [6.07, 6.45) is 0.785. The van der Waals surface area contributed by atoms with Gasteiger partial charge in [0.15, 0.2) is 0 Å². The molecule has 3 rings (SSSR count). The van der Waals surface area contributed by atoms with Gasteiger partial charge in [0.25, 0.3) is 5.69 Å². The smallest absolute Gasteiger partial charge is 0.270 e. The van der Waals surface area contributed by atoms with Crippen molar-refractivity contribution in [3.05, 3.63) is 62.1 Å². The van der Waals surface area contributed by atoms with Crippen LogP contribution >= 0.6 is 23.2 Å². The molecule has 1 N–H and O–H groups in total. The number of hydrogen-bond acceptors (Lipinski definition) is 7. The van der Waals surface area contributed by atoms with E-state index in [-0.39, 0.29) is 41.6 Å². The Labute approximate surface area is 189 Å². The predicted molar refractivity (Wildman–Crippen MR) is 120 cm³/mol. The Hall–Kier alpha value is -2.24. The van der Waals surface area contributed by atoms with E-state index in [1.165, 1.54) is 22.7 Å². The first kappa shape index (κ1) is 23.4. The molecule has 1 fully saturated rings. The highest BCUT2D eigenvalue weighted by Crippen LogP contribution is 2.31. The Bertz CT molecular complexity index is 1120. The van der Waals surface area contributed by atoms with Gasteiger partial charge in [0.05, 0.1) is 34.1 Å². The fourth-order valence-corrected chi connectivity index (χ4v) is 5.38. The van der Waals surface area contributed by atoms with E-state index >= 15 is 0 Å². The van der Waals surface area contributed by atoms with Gasteiger partial charge in [0, 0.05) is 35.8 Å². The zero-order chi connectivity index (χ0) is 22.8. The average molecular weight is 487 g/mol. The Morgan fingerprint density at radius 3 is 2.48 bits per heavy atom. The Kier molecular flexibility index (Phi) is 7.17. The van der Waals surface area contributed by atoms with Crippen molar-refractivity contribution in [2.75, 3.05) is 18.5 Å². The highest BCUT2D eigenvalue weighted by molar-refractivity contribution is 7.89. The third-order valence-corrected chi connectivity index (χ3v) is 6.97. The quantitative estimate of drug-likeness (QED) is 0.372. The van der Waals surface area contributed by atoms with E-state index in [9.17, 15) is 18.5 Å². The van der Waals surface area contributed by atoms with Crippen LogP contribution < -0.4 is 5.43 Å². The topological polar surface area (TPSA) is 114 Å². The third-order valence-electron chi connectivity index (χ3n) is 4.53. The van der Waals surface area contributed by atoms with Crippen molar-refractivity contribution >= 4 is 50.8 Å². The van der Waals surface area contributed by atoms with Crippen LogP contribution in [0.1, 0.15) is 19.4 Å². The molecule has 1 aliphatic heterocycles. The molecule has 0 spiro atoms. The monoisotopic (exact) mass is 486 g/mol. The van der Waals surface area contributed by atoms with Crippen LogP contribution in [0.2, 0.25) is 10.0 Å². The zero-order valence-electron chi connectivity index (χ0n) is 16.7. The molecule has 1 aliphatic rings. The van der Waals surface area contributed by atoms with Crippen LogP contribution in [0.15, 0.2) is 46.4 Å². The van der Waals surface area contributed by atoms with Crippen LogP contribution in [0, 0.1) is 10.1 Å². The van der Waals surface area contributed by atoms with Gasteiger partial charge in [-0.3, -0.25) is 15.5 Å². The Balaban J connectivity index is 1.95. The molecular formula is C19H20Cl2N4O5S. The Morgan fingerprint density at radius 2 is 1.87 bits per heavy atom. The molecule has 1 heterocycles. The molecule has 31 heavy (non-hydrogen) atoms. The van der Waals surface area contributed by atoms with Crippen LogP contribution in [-0.4, -0.2) is 49.2 Å². The number of anilines is 1. The number of sulfonamides is 1. The highest BCUT2D eigenvalue weighted by Gasteiger charge is 2.34. The molecule has 0 amide bonds. The van der Waals surface area contributed by atoms with Gasteiger partial charge >= 0.3 is 0 Å². The lowest BCUT2D eigenvalue weighted by Gasteiger charge is -2.34. The maximum atomic E-state index is 13.3. The number of non-ortho nitro benzene ring substituents is 1. The van der Waals surface area contributed by atoms with Crippen molar-refractivity contribution in [1.29, 1.82) is 0 Å². The maximum absolute atomic E-state index is 13.3. The van der Waals surface area contributed by atoms with Crippen molar-refractivity contribution in [3.63, 3.8) is 0 Å². The number of hydrogen-bond donors (Lipinski definition) is 1. The molecule has 1 saturated heterocycles. The molecule has 0 bridgehead atoms. The minimum Gasteiger partial charge on any atom is -0.373 e. The van der Waals surface area contributed by atoms with E-state index in [0.29, 0.717) is 15.6 Å². The lowest BCUT2D eigenvalue weighted by atomic mass is 10.2. The first-order valence-electron chi connectivity index (χ1n) is 9.26. The summed E-state index contributed by atoms with van der Waals surface area (Å²) < 4.78 is 33.5. The fraction of sp³-hybridized carbons (Fsp3) is 0.316. The van der Waals surface area contributed by atoms with Gasteiger partial charge in [-0.05, 0) is 32.0 Å². The number of nitro benzene ring substituents is 1. The van der Waals surface area contributed by atoms with E-state index in [2.05, 4.69) is 10.5 Å². The molecule has 12 heteroatoms. The fourth-order valence-electron chi connectivity index (χ4n) is 3.17. The number of nitrogens with zero attached hydrogens (tertiary/aromatic N) is 3. The van der Waals surface area contributed by atoms with E-state index < -0.39 is 14.9 Å². The summed E-state index contributed by atoms with van der Waals surface area (Å²) in [6, 6.07) is 8.37. The van der Waals surface area contributed by atoms with Crippen molar-refractivity contribution in [2.45, 2.75) is 31.0 Å². The van der Waals surface area contributed by atoms with Crippen LogP contribution in [0.4, 0.5) is 11.4 Å². The lowest BCUT2D eigenvalue weighted by molar-refractivity contribution is -0.385. The number of halogens is 2. The van der Waals surface area contributed by atoms with Gasteiger partial charge in [0.1, 0.15) is 4.90 Å². The maximum Gasteiger partial charge on any atom is 0.270 e. The van der Waals surface area contributed by atoms with Gasteiger partial charge in [-0.1, -0.05) is 29.3 Å². The van der Waals surface area contributed by atoms with Gasteiger partial charge in [-0.15, -0.1) is 0 Å². The molecule has 166 valence electrons. The van der Waals surface area contributed by atoms with Gasteiger partial charge in [0.2, 0.25) is 10.0 Å². The summed E-state index contributed by atoms with van der Waals surface area (Å²) in [7, 11) is -4.05. The second kappa shape index (κ2) is 9.49. The molecule has 0 radical (unpaired) electrons.